The summed E-state index contributed by atoms with van der Waals surface area (Å²) in [5.74, 6) is 0. The Morgan fingerprint density at radius 1 is 0.917 bits per heavy atom. The molecule has 24 heavy (non-hydrogen) atoms. The number of rotatable bonds is 4. The molecule has 0 atom stereocenters. The Bertz CT molecular complexity index is 617. The molecule has 4 fully saturated rings. The molecule has 0 unspecified atom stereocenters. The van der Waals surface area contributed by atoms with Gasteiger partial charge >= 0.3 is 7.12 Å². The third kappa shape index (κ3) is 2.15. The van der Waals surface area contributed by atoms with Crippen LogP contribution in [0.3, 0.4) is 0 Å². The predicted molar refractivity (Wildman–Crippen MR) is 103 cm³/mol. The third-order valence-corrected chi connectivity index (χ3v) is 12.8. The van der Waals surface area contributed by atoms with Gasteiger partial charge in [0.2, 0.25) is 0 Å². The summed E-state index contributed by atoms with van der Waals surface area (Å²) in [6, 6.07) is 11.3. The summed E-state index contributed by atoms with van der Waals surface area (Å²) in [6.07, 6.45) is 5.25. The first-order valence-corrected chi connectivity index (χ1v) is 12.4. The largest absolute Gasteiger partial charge is 0.458 e. The van der Waals surface area contributed by atoms with Crippen LogP contribution in [0.4, 0.5) is 0 Å². The standard InChI is InChI=1S/C20H31BO2Si/c1-17(2)18(3,4)23-21(22-17)15-19-12-20(13-19,14-19)24(5,6)16-10-8-7-9-11-16/h7-11H,12-15H2,1-6H3. The van der Waals surface area contributed by atoms with Crippen molar-refractivity contribution < 1.29 is 9.31 Å². The van der Waals surface area contributed by atoms with Gasteiger partial charge in [-0.1, -0.05) is 48.6 Å². The second-order valence-corrected chi connectivity index (χ2v) is 15.1. The molecule has 1 saturated heterocycles. The molecule has 0 aromatic heterocycles. The lowest BCUT2D eigenvalue weighted by molar-refractivity contribution is -0.0815. The van der Waals surface area contributed by atoms with Crippen molar-refractivity contribution in [1.29, 1.82) is 0 Å². The number of hydrogen-bond acceptors (Lipinski definition) is 2. The Morgan fingerprint density at radius 3 is 1.92 bits per heavy atom. The van der Waals surface area contributed by atoms with Crippen molar-refractivity contribution >= 4 is 20.4 Å². The smallest absolute Gasteiger partial charge is 0.403 e. The first kappa shape index (κ1) is 16.9. The first-order valence-electron chi connectivity index (χ1n) is 9.42. The van der Waals surface area contributed by atoms with Crippen LogP contribution in [0.2, 0.25) is 24.5 Å². The van der Waals surface area contributed by atoms with Crippen LogP contribution in [0.25, 0.3) is 0 Å². The Balaban J connectivity index is 1.42. The fraction of sp³-hybridized carbons (Fsp3) is 0.700. The van der Waals surface area contributed by atoms with Gasteiger partial charge in [-0.15, -0.1) is 0 Å². The molecule has 2 nitrogen and oxygen atoms in total. The number of hydrogen-bond donors (Lipinski definition) is 0. The molecule has 4 aliphatic rings. The maximum Gasteiger partial charge on any atom is 0.458 e. The fourth-order valence-electron chi connectivity index (χ4n) is 5.44. The van der Waals surface area contributed by atoms with E-state index in [-0.39, 0.29) is 18.3 Å². The molecule has 5 rings (SSSR count). The summed E-state index contributed by atoms with van der Waals surface area (Å²) in [5, 5.41) is 2.24. The Morgan fingerprint density at radius 2 is 1.42 bits per heavy atom. The molecule has 0 N–H and O–H groups in total. The maximum absolute atomic E-state index is 6.25. The molecule has 0 amide bonds. The predicted octanol–water partition coefficient (Wildman–Crippen LogP) is 4.62. The molecule has 3 aliphatic carbocycles. The summed E-state index contributed by atoms with van der Waals surface area (Å²) in [5.41, 5.74) is 0.105. The minimum atomic E-state index is -1.40. The van der Waals surface area contributed by atoms with Crippen LogP contribution in [0.15, 0.2) is 30.3 Å². The van der Waals surface area contributed by atoms with Crippen LogP contribution in [0.5, 0.6) is 0 Å². The van der Waals surface area contributed by atoms with E-state index in [1.165, 1.54) is 19.3 Å². The van der Waals surface area contributed by atoms with E-state index in [2.05, 4.69) is 71.1 Å². The van der Waals surface area contributed by atoms with Crippen molar-refractivity contribution in [2.75, 3.05) is 0 Å². The van der Waals surface area contributed by atoms with Crippen molar-refractivity contribution in [2.45, 2.75) is 82.6 Å². The Hall–Kier alpha value is -0.578. The molecule has 4 heteroatoms. The zero-order valence-corrected chi connectivity index (χ0v) is 17.1. The number of benzene rings is 1. The van der Waals surface area contributed by atoms with E-state index < -0.39 is 8.07 Å². The van der Waals surface area contributed by atoms with E-state index in [0.717, 1.165) is 6.32 Å². The van der Waals surface area contributed by atoms with Gasteiger partial charge in [0.15, 0.2) is 0 Å². The van der Waals surface area contributed by atoms with Crippen molar-refractivity contribution in [2.24, 2.45) is 5.41 Å². The molecular formula is C20H31BO2Si. The van der Waals surface area contributed by atoms with Crippen molar-refractivity contribution in [3.05, 3.63) is 30.3 Å². The van der Waals surface area contributed by atoms with E-state index in [9.17, 15) is 0 Å². The molecule has 1 aromatic carbocycles. The molecule has 3 saturated carbocycles. The maximum atomic E-state index is 6.25. The van der Waals surface area contributed by atoms with Gasteiger partial charge in [-0.25, -0.2) is 0 Å². The summed E-state index contributed by atoms with van der Waals surface area (Å²) in [7, 11) is -1.41. The highest BCUT2D eigenvalue weighted by Crippen LogP contribution is 2.83. The lowest BCUT2D eigenvalue weighted by Gasteiger charge is -2.76. The third-order valence-electron chi connectivity index (χ3n) is 7.86. The van der Waals surface area contributed by atoms with Gasteiger partial charge in [0.05, 0.1) is 19.3 Å². The summed E-state index contributed by atoms with van der Waals surface area (Å²) >= 11 is 0. The van der Waals surface area contributed by atoms with Gasteiger partial charge in [-0.3, -0.25) is 0 Å². The molecule has 2 bridgehead atoms. The van der Waals surface area contributed by atoms with Gasteiger partial charge < -0.3 is 9.31 Å². The summed E-state index contributed by atoms with van der Waals surface area (Å²) in [6.45, 7) is 13.8. The minimum Gasteiger partial charge on any atom is -0.403 e. The van der Waals surface area contributed by atoms with Gasteiger partial charge in [0.1, 0.15) is 0 Å². The molecule has 1 heterocycles. The van der Waals surface area contributed by atoms with Gasteiger partial charge in [0.25, 0.3) is 0 Å². The lowest BCUT2D eigenvalue weighted by atomic mass is 9.38. The second kappa shape index (κ2) is 4.77. The van der Waals surface area contributed by atoms with E-state index in [4.69, 9.17) is 9.31 Å². The molecular weight excluding hydrogens is 311 g/mol. The Labute approximate surface area is 148 Å². The highest BCUT2D eigenvalue weighted by Gasteiger charge is 2.74. The van der Waals surface area contributed by atoms with Gasteiger partial charge in [0, 0.05) is 0 Å². The van der Waals surface area contributed by atoms with E-state index in [1.54, 1.807) is 5.19 Å². The fourth-order valence-corrected chi connectivity index (χ4v) is 9.53. The molecule has 1 aromatic rings. The van der Waals surface area contributed by atoms with E-state index in [1.807, 2.05) is 0 Å². The van der Waals surface area contributed by atoms with Crippen LogP contribution in [0.1, 0.15) is 47.0 Å². The van der Waals surface area contributed by atoms with Crippen molar-refractivity contribution in [3.63, 3.8) is 0 Å². The SMILES string of the molecule is CC1(C)OB(CC23CC([Si](C)(C)c4ccccc4)(C2)C3)OC1(C)C. The minimum absolute atomic E-state index is 0.0187. The monoisotopic (exact) mass is 342 g/mol. The quantitative estimate of drug-likeness (QED) is 0.744. The zero-order chi connectivity index (χ0) is 17.4. The normalized spacial score (nSPS) is 36.2. The van der Waals surface area contributed by atoms with Crippen molar-refractivity contribution in [3.8, 4) is 0 Å². The highest BCUT2D eigenvalue weighted by molar-refractivity contribution is 6.92. The highest BCUT2D eigenvalue weighted by atomic mass is 28.3. The average Bonchev–Trinajstić information content (AvgIpc) is 2.61. The van der Waals surface area contributed by atoms with Gasteiger partial charge in [-0.2, -0.15) is 0 Å². The molecule has 130 valence electrons. The molecule has 0 spiro atoms. The van der Waals surface area contributed by atoms with Crippen molar-refractivity contribution in [1.82, 2.24) is 0 Å². The zero-order valence-electron chi connectivity index (χ0n) is 16.1. The Kier molecular flexibility index (Phi) is 3.36. The lowest BCUT2D eigenvalue weighted by Crippen LogP contribution is -2.71. The topological polar surface area (TPSA) is 18.5 Å². The summed E-state index contributed by atoms with van der Waals surface area (Å²) < 4.78 is 12.5. The van der Waals surface area contributed by atoms with Crippen LogP contribution < -0.4 is 5.19 Å². The first-order chi connectivity index (χ1) is 11.0. The van der Waals surface area contributed by atoms with E-state index in [0.29, 0.717) is 10.5 Å². The average molecular weight is 342 g/mol. The summed E-state index contributed by atoms with van der Waals surface area (Å²) in [4.78, 5) is 0. The van der Waals surface area contributed by atoms with Gasteiger partial charge in [-0.05, 0) is 63.7 Å². The van der Waals surface area contributed by atoms with Crippen LogP contribution in [-0.2, 0) is 9.31 Å². The van der Waals surface area contributed by atoms with E-state index >= 15 is 0 Å². The van der Waals surface area contributed by atoms with Crippen LogP contribution in [0, 0.1) is 5.41 Å². The van der Waals surface area contributed by atoms with Crippen LogP contribution in [-0.4, -0.2) is 26.4 Å². The molecule has 0 radical (unpaired) electrons. The van der Waals surface area contributed by atoms with Crippen LogP contribution >= 0.6 is 0 Å². The molecule has 1 aliphatic heterocycles. The second-order valence-electron chi connectivity index (χ2n) is 10.2.